The summed E-state index contributed by atoms with van der Waals surface area (Å²) < 4.78 is 11.2. The molecule has 0 aliphatic heterocycles. The Morgan fingerprint density at radius 3 is 2.53 bits per heavy atom. The van der Waals surface area contributed by atoms with Crippen LogP contribution in [0.25, 0.3) is 0 Å². The highest BCUT2D eigenvalue weighted by Crippen LogP contribution is 2.34. The second-order valence-electron chi connectivity index (χ2n) is 5.28. The van der Waals surface area contributed by atoms with Gasteiger partial charge in [-0.3, -0.25) is 20.9 Å². The number of hydrazine groups is 1. The Balaban J connectivity index is 0.00000420. The van der Waals surface area contributed by atoms with Gasteiger partial charge in [0, 0.05) is 34.0 Å². The van der Waals surface area contributed by atoms with E-state index in [0.717, 1.165) is 17.3 Å². The van der Waals surface area contributed by atoms with Gasteiger partial charge in [-0.2, -0.15) is 0 Å². The van der Waals surface area contributed by atoms with E-state index < -0.39 is 4.92 Å². The van der Waals surface area contributed by atoms with Crippen molar-refractivity contribution in [1.82, 2.24) is 5.43 Å². The summed E-state index contributed by atoms with van der Waals surface area (Å²) >= 11 is 12.0. The van der Waals surface area contributed by atoms with Gasteiger partial charge in [0.15, 0.2) is 5.17 Å². The zero-order chi connectivity index (χ0) is 20.7. The Hall–Kier alpha value is -1.64. The van der Waals surface area contributed by atoms with Gasteiger partial charge in [0.2, 0.25) is 0 Å². The summed E-state index contributed by atoms with van der Waals surface area (Å²) in [5.74, 6) is 6.31. The third-order valence-electron chi connectivity index (χ3n) is 3.36. The number of hydrogen-bond acceptors (Lipinski definition) is 8. The van der Waals surface area contributed by atoms with Gasteiger partial charge in [-0.25, -0.2) is 5.84 Å². The number of nitrogens with two attached hydrogens (primary N) is 2. The third kappa shape index (κ3) is 8.62. The van der Waals surface area contributed by atoms with Crippen LogP contribution in [0.1, 0.15) is 11.1 Å². The lowest BCUT2D eigenvalue weighted by molar-refractivity contribution is -0.385. The second-order valence-corrected chi connectivity index (χ2v) is 7.10. The molecule has 0 unspecified atom stereocenters. The molecule has 0 atom stereocenters. The number of nitrogens with zero attached hydrogens (tertiary/aromatic N) is 1. The first-order valence-electron chi connectivity index (χ1n) is 7.64. The van der Waals surface area contributed by atoms with Gasteiger partial charge in [-0.1, -0.05) is 29.4 Å². The van der Waals surface area contributed by atoms with Gasteiger partial charge in [0.25, 0.3) is 10.9 Å². The summed E-state index contributed by atoms with van der Waals surface area (Å²) in [5, 5.41) is 18.8. The average Bonchev–Trinajstić information content (AvgIpc) is 2.65. The number of hydrogen-bond donors (Lipinski definition) is 4. The molecule has 9 nitrogen and oxygen atoms in total. The lowest BCUT2D eigenvalue weighted by atomic mass is 10.1. The first-order valence-corrected chi connectivity index (χ1v) is 9.41. The molecule has 2 aromatic rings. The minimum absolute atomic E-state index is 0. The molecule has 0 fully saturated rings. The lowest BCUT2D eigenvalue weighted by Gasteiger charge is -2.15. The van der Waals surface area contributed by atoms with Crippen LogP contribution in [0, 0.1) is 15.5 Å². The minimum Gasteiger partial charge on any atom is -0.465 e. The Morgan fingerprint density at radius 1 is 1.23 bits per heavy atom. The molecule has 0 aliphatic rings. The Labute approximate surface area is 208 Å². The fraction of sp³-hybridized carbons (Fsp3) is 0.125. The summed E-state index contributed by atoms with van der Waals surface area (Å²) in [6.45, 7) is -0.0991. The van der Waals surface area contributed by atoms with Crippen LogP contribution in [0.4, 0.5) is 5.69 Å². The molecule has 2 aromatic carbocycles. The summed E-state index contributed by atoms with van der Waals surface area (Å²) in [7, 11) is 0. The number of amidine groups is 1. The van der Waals surface area contributed by atoms with E-state index in [2.05, 4.69) is 5.43 Å². The van der Waals surface area contributed by atoms with Gasteiger partial charge in [-0.05, 0) is 30.4 Å². The monoisotopic (exact) mass is 601 g/mol. The highest BCUT2D eigenvalue weighted by molar-refractivity contribution is 8.93. The van der Waals surface area contributed by atoms with Gasteiger partial charge in [0.1, 0.15) is 18.1 Å². The number of thiocarbonyl (C=S) groups is 1. The minimum atomic E-state index is -0.527. The van der Waals surface area contributed by atoms with Crippen molar-refractivity contribution < 1.29 is 14.4 Å². The molecule has 0 saturated carbocycles. The number of benzene rings is 2. The number of ether oxygens (including phenoxy) is 2. The van der Waals surface area contributed by atoms with E-state index in [1.165, 1.54) is 18.2 Å². The maximum atomic E-state index is 11.1. The fourth-order valence-corrected chi connectivity index (χ4v) is 2.86. The van der Waals surface area contributed by atoms with Crippen LogP contribution in [-0.4, -0.2) is 15.3 Å². The SMILES string of the molecule is Br.Br.N=C(N)SCc1ccc(Cl)cc1Oc1ccc([N+](=O)[O-])cc1COC(=S)NN. The van der Waals surface area contributed by atoms with Crippen molar-refractivity contribution in [1.29, 1.82) is 5.41 Å². The molecule has 6 N–H and O–H groups in total. The zero-order valence-electron chi connectivity index (χ0n) is 15.1. The largest absolute Gasteiger partial charge is 0.465 e. The first kappa shape index (κ1) is 28.4. The van der Waals surface area contributed by atoms with E-state index in [0.29, 0.717) is 27.8 Å². The highest BCUT2D eigenvalue weighted by atomic mass is 79.9. The number of halogens is 3. The number of thioether (sulfide) groups is 1. The van der Waals surface area contributed by atoms with Crippen molar-refractivity contribution in [3.63, 3.8) is 0 Å². The van der Waals surface area contributed by atoms with Crippen molar-refractivity contribution in [2.75, 3.05) is 0 Å². The second kappa shape index (κ2) is 13.6. The molecule has 0 spiro atoms. The maximum absolute atomic E-state index is 11.1. The number of non-ortho nitro benzene ring substituents is 1. The summed E-state index contributed by atoms with van der Waals surface area (Å²) in [5.41, 5.74) is 8.56. The number of nitro groups is 1. The molecule has 2 rings (SSSR count). The third-order valence-corrected chi connectivity index (χ3v) is 4.60. The van der Waals surface area contributed by atoms with Crippen molar-refractivity contribution in [3.05, 3.63) is 62.7 Å². The smallest absolute Gasteiger partial charge is 0.271 e. The van der Waals surface area contributed by atoms with Crippen LogP contribution < -0.4 is 21.7 Å². The quantitative estimate of drug-likeness (QED) is 0.0890. The predicted molar refractivity (Wildman–Crippen MR) is 133 cm³/mol. The molecular weight excluding hydrogens is 586 g/mol. The fourth-order valence-electron chi connectivity index (χ4n) is 2.09. The van der Waals surface area contributed by atoms with E-state index in [1.807, 2.05) is 0 Å². The van der Waals surface area contributed by atoms with Crippen LogP contribution in [0.3, 0.4) is 0 Å². The number of rotatable bonds is 7. The molecule has 0 aromatic heterocycles. The van der Waals surface area contributed by atoms with E-state index in [9.17, 15) is 10.1 Å². The zero-order valence-corrected chi connectivity index (χ0v) is 20.9. The summed E-state index contributed by atoms with van der Waals surface area (Å²) in [6.07, 6.45) is 0. The number of nitrogens with one attached hydrogen (secondary N) is 2. The molecule has 164 valence electrons. The topological polar surface area (TPSA) is 150 Å². The van der Waals surface area contributed by atoms with Gasteiger partial charge in [-0.15, -0.1) is 34.0 Å². The van der Waals surface area contributed by atoms with Crippen molar-refractivity contribution in [3.8, 4) is 11.5 Å². The van der Waals surface area contributed by atoms with Crippen LogP contribution >= 0.6 is 69.5 Å². The van der Waals surface area contributed by atoms with Crippen LogP contribution in [0.15, 0.2) is 36.4 Å². The van der Waals surface area contributed by atoms with E-state index in [-0.39, 0.29) is 56.6 Å². The number of nitro benzene ring substituents is 1. The van der Waals surface area contributed by atoms with Crippen molar-refractivity contribution in [2.45, 2.75) is 12.4 Å². The van der Waals surface area contributed by atoms with Gasteiger partial charge >= 0.3 is 0 Å². The molecule has 0 amide bonds. The van der Waals surface area contributed by atoms with Gasteiger partial charge < -0.3 is 15.2 Å². The molecule has 0 heterocycles. The standard InChI is InChI=1S/C16H16ClN5O4S2.2BrH/c17-11-2-1-9(8-28-15(18)19)14(6-11)26-13-4-3-12(22(23)24)5-10(13)7-25-16(27)21-20;;/h1-6H,7-8,20H2,(H3,18,19)(H,21,27);2*1H. The Bertz CT molecular complexity index is 923. The van der Waals surface area contributed by atoms with Crippen molar-refractivity contribution in [2.24, 2.45) is 11.6 Å². The first-order chi connectivity index (χ1) is 13.3. The molecule has 0 saturated heterocycles. The molecule has 30 heavy (non-hydrogen) atoms. The highest BCUT2D eigenvalue weighted by Gasteiger charge is 2.15. The Morgan fingerprint density at radius 2 is 1.93 bits per heavy atom. The molecule has 0 radical (unpaired) electrons. The molecule has 14 heteroatoms. The predicted octanol–water partition coefficient (Wildman–Crippen LogP) is 4.59. The summed E-state index contributed by atoms with van der Waals surface area (Å²) in [4.78, 5) is 10.6. The molecular formula is C16H18Br2ClN5O4S2. The maximum Gasteiger partial charge on any atom is 0.271 e. The molecule has 0 aliphatic carbocycles. The van der Waals surface area contributed by atoms with Crippen LogP contribution in [0.5, 0.6) is 11.5 Å². The average molecular weight is 604 g/mol. The van der Waals surface area contributed by atoms with E-state index in [4.69, 9.17) is 50.3 Å². The molecule has 0 bridgehead atoms. The van der Waals surface area contributed by atoms with Crippen LogP contribution in [0.2, 0.25) is 5.02 Å². The normalized spacial score (nSPS) is 9.53. The summed E-state index contributed by atoms with van der Waals surface area (Å²) in [6, 6.07) is 9.14. The van der Waals surface area contributed by atoms with Crippen molar-refractivity contribution >= 4 is 85.6 Å². The van der Waals surface area contributed by atoms with E-state index >= 15 is 0 Å². The van der Waals surface area contributed by atoms with Crippen LogP contribution in [-0.2, 0) is 17.1 Å². The van der Waals surface area contributed by atoms with E-state index in [1.54, 1.807) is 18.2 Å². The lowest BCUT2D eigenvalue weighted by Crippen LogP contribution is -2.30. The Kier molecular flexibility index (Phi) is 12.9. The van der Waals surface area contributed by atoms with Gasteiger partial charge in [0.05, 0.1) is 4.92 Å².